The first-order valence-corrected chi connectivity index (χ1v) is 5.89. The van der Waals surface area contributed by atoms with Crippen LogP contribution in [0.25, 0.3) is 0 Å². The number of carboxylic acid groups (broad SMARTS) is 1. The van der Waals surface area contributed by atoms with E-state index in [-0.39, 0.29) is 53.4 Å². The van der Waals surface area contributed by atoms with Gasteiger partial charge in [0, 0.05) is 0 Å². The summed E-state index contributed by atoms with van der Waals surface area (Å²) >= 11 is 0. The predicted octanol–water partition coefficient (Wildman–Crippen LogP) is 2.46. The Kier molecular flexibility index (Phi) is 14.5. The Labute approximate surface area is 136 Å². The van der Waals surface area contributed by atoms with Crippen molar-refractivity contribution < 1.29 is 22.3 Å². The Balaban J connectivity index is -0.000000375. The van der Waals surface area contributed by atoms with Crippen LogP contribution in [-0.4, -0.2) is 61.4 Å². The Hall–Kier alpha value is 0.200. The summed E-state index contributed by atoms with van der Waals surface area (Å²) in [6, 6.07) is 0. The topological polar surface area (TPSA) is 63.6 Å². The van der Waals surface area contributed by atoms with Crippen molar-refractivity contribution >= 4 is 49.7 Å². The minimum atomic E-state index is -0.964. The summed E-state index contributed by atoms with van der Waals surface area (Å²) in [5.74, 6) is -0.654. The van der Waals surface area contributed by atoms with E-state index in [1.165, 1.54) is 6.42 Å². The van der Waals surface area contributed by atoms with Gasteiger partial charge in [0.2, 0.25) is 0 Å². The molecule has 5 heteroatoms. The minimum Gasteiger partial charge on any atom is -1.00 e. The molecule has 0 saturated carbocycles. The molecule has 0 saturated heterocycles. The first-order chi connectivity index (χ1) is 7.52. The first kappa shape index (κ1) is 19.5. The average molecular weight is 272 g/mol. The van der Waals surface area contributed by atoms with E-state index in [0.29, 0.717) is 6.61 Å². The van der Waals surface area contributed by atoms with Crippen LogP contribution in [0.15, 0.2) is 0 Å². The van der Waals surface area contributed by atoms with Crippen LogP contribution in [0, 0.1) is 5.92 Å². The standard InChI is InChI=1S/C12H22O4.Ca.2H/c1-10(2)6-4-3-5-9-16-12(15)8-7-11(13)14;;;/h10H,3-9H2,1-2H3,(H,13,14);;;/q;+2;2*-1. The molecule has 0 spiro atoms. The zero-order valence-electron chi connectivity index (χ0n) is 12.9. The van der Waals surface area contributed by atoms with Crippen LogP contribution in [0.5, 0.6) is 0 Å². The molecule has 0 aliphatic carbocycles. The maximum Gasteiger partial charge on any atom is 2.00 e. The van der Waals surface area contributed by atoms with Gasteiger partial charge in [-0.25, -0.2) is 0 Å². The van der Waals surface area contributed by atoms with Gasteiger partial charge in [0.15, 0.2) is 0 Å². The minimum absolute atomic E-state index is 0. The number of hydrogen-bond donors (Lipinski definition) is 1. The molecule has 0 amide bonds. The Morgan fingerprint density at radius 2 is 1.82 bits per heavy atom. The molecule has 0 heterocycles. The molecule has 0 atom stereocenters. The van der Waals surface area contributed by atoms with Crippen molar-refractivity contribution in [2.75, 3.05) is 6.61 Å². The Morgan fingerprint density at radius 3 is 2.35 bits per heavy atom. The summed E-state index contributed by atoms with van der Waals surface area (Å²) < 4.78 is 4.90. The van der Waals surface area contributed by atoms with Gasteiger partial charge in [-0.15, -0.1) is 0 Å². The second-order valence-electron chi connectivity index (χ2n) is 4.36. The third-order valence-electron chi connectivity index (χ3n) is 2.23. The van der Waals surface area contributed by atoms with Gasteiger partial charge in [-0.05, 0) is 12.3 Å². The number of rotatable bonds is 9. The summed E-state index contributed by atoms with van der Waals surface area (Å²) in [5.41, 5.74) is 0. The van der Waals surface area contributed by atoms with Gasteiger partial charge in [0.05, 0.1) is 19.4 Å². The molecule has 1 N–H and O–H groups in total. The number of carboxylic acids is 1. The molecular formula is C12H24CaO4. The van der Waals surface area contributed by atoms with E-state index in [9.17, 15) is 9.59 Å². The summed E-state index contributed by atoms with van der Waals surface area (Å²) in [7, 11) is 0. The van der Waals surface area contributed by atoms with E-state index in [1.807, 2.05) is 0 Å². The molecule has 0 radical (unpaired) electrons. The third-order valence-corrected chi connectivity index (χ3v) is 2.23. The van der Waals surface area contributed by atoms with Gasteiger partial charge in [-0.3, -0.25) is 9.59 Å². The molecule has 0 aliphatic heterocycles. The quantitative estimate of drug-likeness (QED) is 0.398. The normalized spacial score (nSPS) is 9.82. The van der Waals surface area contributed by atoms with Gasteiger partial charge in [-0.1, -0.05) is 33.1 Å². The van der Waals surface area contributed by atoms with Crippen LogP contribution in [0.4, 0.5) is 0 Å². The predicted molar refractivity (Wildman–Crippen MR) is 69.1 cm³/mol. The molecule has 0 unspecified atom stereocenters. The first-order valence-electron chi connectivity index (χ1n) is 5.89. The third kappa shape index (κ3) is 16.2. The number of carbonyl (C=O) groups is 2. The molecule has 4 nitrogen and oxygen atoms in total. The van der Waals surface area contributed by atoms with Crippen molar-refractivity contribution in [2.45, 2.75) is 52.4 Å². The average Bonchev–Trinajstić information content (AvgIpc) is 2.19. The Morgan fingerprint density at radius 1 is 1.18 bits per heavy atom. The molecule has 0 fully saturated rings. The van der Waals surface area contributed by atoms with Gasteiger partial charge in [-0.2, -0.15) is 0 Å². The molecule has 0 aromatic carbocycles. The van der Waals surface area contributed by atoms with Crippen molar-refractivity contribution in [1.82, 2.24) is 0 Å². The van der Waals surface area contributed by atoms with E-state index in [0.717, 1.165) is 25.2 Å². The van der Waals surface area contributed by atoms with E-state index >= 15 is 0 Å². The van der Waals surface area contributed by atoms with E-state index in [1.54, 1.807) is 0 Å². The largest absolute Gasteiger partial charge is 2.00 e. The SMILES string of the molecule is CC(C)CCCCCOC(=O)CCC(=O)O.[Ca+2].[H-].[H-]. The van der Waals surface area contributed by atoms with Gasteiger partial charge >= 0.3 is 49.7 Å². The summed E-state index contributed by atoms with van der Waals surface area (Å²) in [4.78, 5) is 21.2. The second kappa shape index (κ2) is 12.7. The molecular weight excluding hydrogens is 248 g/mol. The van der Waals surface area contributed by atoms with Crippen LogP contribution < -0.4 is 0 Å². The molecule has 0 bridgehead atoms. The monoisotopic (exact) mass is 272 g/mol. The smallest absolute Gasteiger partial charge is 1.00 e. The number of esters is 1. The fourth-order valence-electron chi connectivity index (χ4n) is 1.30. The molecule has 0 aromatic heterocycles. The number of carbonyl (C=O) groups excluding carboxylic acids is 1. The van der Waals surface area contributed by atoms with Crippen LogP contribution >= 0.6 is 0 Å². The number of ether oxygens (including phenoxy) is 1. The molecule has 0 rings (SSSR count). The number of unbranched alkanes of at least 4 members (excludes halogenated alkanes) is 2. The number of aliphatic carboxylic acids is 1. The number of hydrogen-bond acceptors (Lipinski definition) is 3. The van der Waals surface area contributed by atoms with Gasteiger partial charge in [0.1, 0.15) is 0 Å². The summed E-state index contributed by atoms with van der Waals surface area (Å²) in [5, 5.41) is 8.35. The van der Waals surface area contributed by atoms with E-state index in [4.69, 9.17) is 9.84 Å². The molecule has 98 valence electrons. The summed E-state index contributed by atoms with van der Waals surface area (Å²) in [6.07, 6.45) is 4.11. The van der Waals surface area contributed by atoms with Gasteiger partial charge < -0.3 is 12.7 Å². The van der Waals surface area contributed by atoms with Crippen LogP contribution in [0.2, 0.25) is 0 Å². The van der Waals surface area contributed by atoms with Crippen LogP contribution in [0.3, 0.4) is 0 Å². The maximum absolute atomic E-state index is 11.0. The van der Waals surface area contributed by atoms with Crippen molar-refractivity contribution in [2.24, 2.45) is 5.92 Å². The van der Waals surface area contributed by atoms with Crippen molar-refractivity contribution in [3.63, 3.8) is 0 Å². The molecule has 0 aliphatic rings. The molecule has 0 aromatic rings. The fraction of sp³-hybridized carbons (Fsp3) is 0.833. The van der Waals surface area contributed by atoms with E-state index < -0.39 is 11.9 Å². The zero-order chi connectivity index (χ0) is 12.4. The maximum atomic E-state index is 11.0. The zero-order valence-corrected chi connectivity index (χ0v) is 13.1. The van der Waals surface area contributed by atoms with Crippen LogP contribution in [-0.2, 0) is 14.3 Å². The second-order valence-corrected chi connectivity index (χ2v) is 4.36. The van der Waals surface area contributed by atoms with Crippen molar-refractivity contribution in [3.8, 4) is 0 Å². The van der Waals surface area contributed by atoms with Crippen molar-refractivity contribution in [1.29, 1.82) is 0 Å². The van der Waals surface area contributed by atoms with E-state index in [2.05, 4.69) is 13.8 Å². The van der Waals surface area contributed by atoms with Crippen molar-refractivity contribution in [3.05, 3.63) is 0 Å². The summed E-state index contributed by atoms with van der Waals surface area (Å²) in [6.45, 7) is 4.79. The van der Waals surface area contributed by atoms with Crippen LogP contribution in [0.1, 0.15) is 55.2 Å². The Bertz CT molecular complexity index is 226. The van der Waals surface area contributed by atoms with Gasteiger partial charge in [0.25, 0.3) is 0 Å². The fourth-order valence-corrected chi connectivity index (χ4v) is 1.30. The molecule has 17 heavy (non-hydrogen) atoms.